The normalized spacial score (nSPS) is 11.6. The molecule has 2 nitrogen and oxygen atoms in total. The van der Waals surface area contributed by atoms with E-state index in [0.717, 1.165) is 12.8 Å². The molecular weight excluding hydrogens is 208 g/mol. The average molecular weight is 226 g/mol. The third-order valence-corrected chi connectivity index (χ3v) is 3.44. The summed E-state index contributed by atoms with van der Waals surface area (Å²) in [5, 5.41) is 0. The van der Waals surface area contributed by atoms with Crippen LogP contribution in [-0.4, -0.2) is 20.4 Å². The Morgan fingerprint density at radius 3 is 2.07 bits per heavy atom. The van der Waals surface area contributed by atoms with Gasteiger partial charge in [0.25, 0.3) is 0 Å². The Hall–Kier alpha value is -0.830. The quantitative estimate of drug-likeness (QED) is 0.771. The fraction of sp³-hybridized carbons (Fsp3) is 0.500. The van der Waals surface area contributed by atoms with Crippen molar-refractivity contribution in [1.82, 2.24) is 0 Å². The number of benzene rings is 1. The van der Waals surface area contributed by atoms with Crippen LogP contribution in [-0.2, 0) is 22.7 Å². The number of rotatable bonds is 5. The van der Waals surface area contributed by atoms with E-state index in [1.165, 1.54) is 17.4 Å². The topological polar surface area (TPSA) is 34.1 Å². The van der Waals surface area contributed by atoms with Crippen molar-refractivity contribution in [2.24, 2.45) is 0 Å². The molecule has 0 aliphatic rings. The van der Waals surface area contributed by atoms with Crippen LogP contribution >= 0.6 is 0 Å². The lowest BCUT2D eigenvalue weighted by molar-refractivity contribution is 0.599. The van der Waals surface area contributed by atoms with E-state index < -0.39 is 9.84 Å². The third kappa shape index (κ3) is 4.98. The molecule has 0 aliphatic heterocycles. The Kier molecular flexibility index (Phi) is 4.33. The maximum absolute atomic E-state index is 10.9. The molecule has 0 spiro atoms. The molecule has 0 heterocycles. The second-order valence-corrected chi connectivity index (χ2v) is 6.16. The first-order chi connectivity index (χ1) is 7.01. The van der Waals surface area contributed by atoms with Crippen LogP contribution in [0.3, 0.4) is 0 Å². The van der Waals surface area contributed by atoms with Crippen molar-refractivity contribution in [2.45, 2.75) is 26.2 Å². The lowest BCUT2D eigenvalue weighted by atomic mass is 10.1. The van der Waals surface area contributed by atoms with Gasteiger partial charge in [-0.2, -0.15) is 0 Å². The summed E-state index contributed by atoms with van der Waals surface area (Å²) in [4.78, 5) is 0. The molecule has 0 unspecified atom stereocenters. The summed E-state index contributed by atoms with van der Waals surface area (Å²) < 4.78 is 21.8. The van der Waals surface area contributed by atoms with Crippen molar-refractivity contribution in [3.05, 3.63) is 35.4 Å². The summed E-state index contributed by atoms with van der Waals surface area (Å²) in [6.45, 7) is 2.12. The monoisotopic (exact) mass is 226 g/mol. The number of hydrogen-bond acceptors (Lipinski definition) is 2. The van der Waals surface area contributed by atoms with E-state index in [1.807, 2.05) is 0 Å². The van der Waals surface area contributed by atoms with Gasteiger partial charge in [-0.3, -0.25) is 0 Å². The van der Waals surface area contributed by atoms with Gasteiger partial charge in [0.1, 0.15) is 9.84 Å². The van der Waals surface area contributed by atoms with Crippen molar-refractivity contribution >= 4 is 9.84 Å². The molecule has 15 heavy (non-hydrogen) atoms. The first kappa shape index (κ1) is 12.2. The van der Waals surface area contributed by atoms with Crippen LogP contribution in [0.5, 0.6) is 0 Å². The van der Waals surface area contributed by atoms with Gasteiger partial charge in [-0.25, -0.2) is 8.42 Å². The summed E-state index contributed by atoms with van der Waals surface area (Å²) in [7, 11) is -2.81. The molecule has 0 N–H and O–H groups in total. The van der Waals surface area contributed by atoms with E-state index in [-0.39, 0.29) is 5.75 Å². The van der Waals surface area contributed by atoms with Crippen molar-refractivity contribution < 1.29 is 8.42 Å². The summed E-state index contributed by atoms with van der Waals surface area (Å²) in [5.74, 6) is 0.280. The molecule has 0 bridgehead atoms. The Morgan fingerprint density at radius 2 is 1.60 bits per heavy atom. The van der Waals surface area contributed by atoms with Gasteiger partial charge in [-0.1, -0.05) is 31.2 Å². The van der Waals surface area contributed by atoms with Gasteiger partial charge < -0.3 is 0 Å². The summed E-state index contributed by atoms with van der Waals surface area (Å²) >= 11 is 0. The van der Waals surface area contributed by atoms with Crippen molar-refractivity contribution in [3.63, 3.8) is 0 Å². The van der Waals surface area contributed by atoms with E-state index >= 15 is 0 Å². The highest BCUT2D eigenvalue weighted by Crippen LogP contribution is 2.07. The molecule has 0 fully saturated rings. The van der Waals surface area contributed by atoms with Crippen LogP contribution in [0.1, 0.15) is 24.5 Å². The Morgan fingerprint density at radius 1 is 1.07 bits per heavy atom. The molecule has 0 aliphatic carbocycles. The molecule has 0 amide bonds. The minimum Gasteiger partial charge on any atom is -0.229 e. The minimum absolute atomic E-state index is 0.280. The van der Waals surface area contributed by atoms with E-state index in [4.69, 9.17) is 0 Å². The number of aryl methyl sites for hydroxylation is 2. The van der Waals surface area contributed by atoms with E-state index in [0.29, 0.717) is 6.42 Å². The summed E-state index contributed by atoms with van der Waals surface area (Å²) in [5.41, 5.74) is 2.54. The van der Waals surface area contributed by atoms with Gasteiger partial charge in [0.15, 0.2) is 0 Å². The molecule has 0 saturated carbocycles. The van der Waals surface area contributed by atoms with Crippen LogP contribution in [0.25, 0.3) is 0 Å². The van der Waals surface area contributed by atoms with Crippen LogP contribution in [0.4, 0.5) is 0 Å². The lowest BCUT2D eigenvalue weighted by Gasteiger charge is -2.02. The van der Waals surface area contributed by atoms with E-state index in [2.05, 4.69) is 31.2 Å². The highest BCUT2D eigenvalue weighted by Gasteiger charge is 2.01. The van der Waals surface area contributed by atoms with Gasteiger partial charge in [-0.05, 0) is 30.4 Å². The predicted octanol–water partition coefficient (Wildman–Crippen LogP) is 2.23. The molecule has 1 rings (SSSR count). The van der Waals surface area contributed by atoms with Crippen molar-refractivity contribution in [2.75, 3.05) is 12.0 Å². The van der Waals surface area contributed by atoms with Crippen LogP contribution in [0.15, 0.2) is 24.3 Å². The fourth-order valence-electron chi connectivity index (χ4n) is 1.48. The zero-order valence-corrected chi connectivity index (χ0v) is 10.2. The van der Waals surface area contributed by atoms with Gasteiger partial charge in [0, 0.05) is 6.26 Å². The lowest BCUT2D eigenvalue weighted by Crippen LogP contribution is -2.03. The molecule has 3 heteroatoms. The Bertz CT molecular complexity index is 390. The molecule has 0 radical (unpaired) electrons. The molecule has 84 valence electrons. The van der Waals surface area contributed by atoms with Crippen molar-refractivity contribution in [3.8, 4) is 0 Å². The van der Waals surface area contributed by atoms with Crippen LogP contribution < -0.4 is 0 Å². The highest BCUT2D eigenvalue weighted by molar-refractivity contribution is 7.90. The standard InChI is InChI=1S/C12H18O2S/c1-3-11-6-8-12(9-7-11)5-4-10-15(2,13)14/h6-9H,3-5,10H2,1-2H3. The first-order valence-corrected chi connectivity index (χ1v) is 7.33. The third-order valence-electron chi connectivity index (χ3n) is 2.41. The summed E-state index contributed by atoms with van der Waals surface area (Å²) in [6.07, 6.45) is 3.89. The number of sulfone groups is 1. The highest BCUT2D eigenvalue weighted by atomic mass is 32.2. The van der Waals surface area contributed by atoms with E-state index in [9.17, 15) is 8.42 Å². The zero-order valence-electron chi connectivity index (χ0n) is 9.36. The van der Waals surface area contributed by atoms with E-state index in [1.54, 1.807) is 0 Å². The van der Waals surface area contributed by atoms with Gasteiger partial charge in [0.2, 0.25) is 0 Å². The minimum atomic E-state index is -2.81. The molecular formula is C12H18O2S. The smallest absolute Gasteiger partial charge is 0.147 e. The molecule has 1 aromatic rings. The van der Waals surface area contributed by atoms with Crippen molar-refractivity contribution in [1.29, 1.82) is 0 Å². The molecule has 0 aromatic heterocycles. The number of hydrogen-bond donors (Lipinski definition) is 0. The first-order valence-electron chi connectivity index (χ1n) is 5.27. The van der Waals surface area contributed by atoms with Gasteiger partial charge >= 0.3 is 0 Å². The Labute approximate surface area is 92.2 Å². The predicted molar refractivity (Wildman–Crippen MR) is 63.9 cm³/mol. The molecule has 1 aromatic carbocycles. The average Bonchev–Trinajstić information content (AvgIpc) is 2.17. The van der Waals surface area contributed by atoms with Gasteiger partial charge in [-0.15, -0.1) is 0 Å². The maximum Gasteiger partial charge on any atom is 0.147 e. The molecule has 0 atom stereocenters. The summed E-state index contributed by atoms with van der Waals surface area (Å²) in [6, 6.07) is 8.38. The second kappa shape index (κ2) is 5.31. The Balaban J connectivity index is 2.45. The largest absolute Gasteiger partial charge is 0.229 e. The second-order valence-electron chi connectivity index (χ2n) is 3.90. The van der Waals surface area contributed by atoms with Crippen LogP contribution in [0, 0.1) is 0 Å². The fourth-order valence-corrected chi connectivity index (χ4v) is 2.15. The van der Waals surface area contributed by atoms with Gasteiger partial charge in [0.05, 0.1) is 5.75 Å². The maximum atomic E-state index is 10.9. The zero-order chi connectivity index (χ0) is 11.3. The molecule has 0 saturated heterocycles. The SMILES string of the molecule is CCc1ccc(CCCS(C)(=O)=O)cc1. The van der Waals surface area contributed by atoms with Crippen LogP contribution in [0.2, 0.25) is 0 Å².